The summed E-state index contributed by atoms with van der Waals surface area (Å²) in [4.78, 5) is 33.8. The second-order valence-corrected chi connectivity index (χ2v) is 6.35. The smallest absolute Gasteiger partial charge is 0.266 e. The van der Waals surface area contributed by atoms with Crippen LogP contribution in [0, 0.1) is 6.92 Å². The van der Waals surface area contributed by atoms with Gasteiger partial charge in [0, 0.05) is 11.1 Å². The molecule has 0 saturated carbocycles. The van der Waals surface area contributed by atoms with E-state index in [9.17, 15) is 9.59 Å². The van der Waals surface area contributed by atoms with E-state index in [2.05, 4.69) is 20.8 Å². The number of nitrogens with one attached hydrogen (secondary N) is 2. The summed E-state index contributed by atoms with van der Waals surface area (Å²) in [6.45, 7) is 1.79. The summed E-state index contributed by atoms with van der Waals surface area (Å²) in [5.74, 6) is -0.782. The van der Waals surface area contributed by atoms with Crippen LogP contribution in [0.15, 0.2) is 18.5 Å². The zero-order valence-corrected chi connectivity index (χ0v) is 13.0. The number of amides is 2. The number of aryl methyl sites for hydroxylation is 3. The van der Waals surface area contributed by atoms with Gasteiger partial charge in [-0.25, -0.2) is 4.98 Å². The number of aromatic nitrogens is 2. The van der Waals surface area contributed by atoms with Crippen molar-refractivity contribution in [2.24, 2.45) is 0 Å². The normalized spacial score (nSPS) is 13.3. The van der Waals surface area contributed by atoms with Crippen LogP contribution in [-0.4, -0.2) is 21.8 Å². The molecule has 0 spiro atoms. The van der Waals surface area contributed by atoms with Gasteiger partial charge in [-0.3, -0.25) is 25.4 Å². The van der Waals surface area contributed by atoms with Crippen molar-refractivity contribution in [3.63, 3.8) is 0 Å². The van der Waals surface area contributed by atoms with Crippen LogP contribution in [-0.2, 0) is 12.8 Å². The Kier molecular flexibility index (Phi) is 4.15. The largest absolute Gasteiger partial charge is 0.289 e. The van der Waals surface area contributed by atoms with E-state index in [-0.39, 0.29) is 11.6 Å². The van der Waals surface area contributed by atoms with E-state index >= 15 is 0 Å². The summed E-state index contributed by atoms with van der Waals surface area (Å²) < 4.78 is 0. The maximum absolute atomic E-state index is 12.1. The van der Waals surface area contributed by atoms with Crippen LogP contribution < -0.4 is 10.9 Å². The number of fused-ring (bicyclic) bond motifs is 1. The van der Waals surface area contributed by atoms with E-state index in [1.54, 1.807) is 6.92 Å². The molecule has 0 saturated heterocycles. The molecule has 2 heterocycles. The summed E-state index contributed by atoms with van der Waals surface area (Å²) in [7, 11) is 0. The maximum atomic E-state index is 12.1. The zero-order valence-electron chi connectivity index (χ0n) is 12.2. The molecule has 114 valence electrons. The molecule has 0 unspecified atom stereocenters. The molecular weight excluding hydrogens is 300 g/mol. The minimum atomic E-state index is -0.484. The molecule has 1 aliphatic carbocycles. The Balaban J connectivity index is 1.61. The van der Waals surface area contributed by atoms with Crippen molar-refractivity contribution >= 4 is 23.2 Å². The Hall–Kier alpha value is -2.28. The lowest BCUT2D eigenvalue weighted by Crippen LogP contribution is -2.41. The molecule has 0 aromatic carbocycles. The van der Waals surface area contributed by atoms with Crippen molar-refractivity contribution in [1.82, 2.24) is 20.8 Å². The highest BCUT2D eigenvalue weighted by Gasteiger charge is 2.18. The fourth-order valence-electron chi connectivity index (χ4n) is 2.35. The topological polar surface area (TPSA) is 84.0 Å². The molecule has 1 aliphatic rings. The standard InChI is InChI=1S/C15H16N4O2S/c1-9-7-17-11(8-16-9)14(20)18-19-15(21)13-6-10-4-2-3-5-12(10)22-13/h6-8H,2-5H2,1H3,(H,18,20)(H,19,21). The van der Waals surface area contributed by atoms with E-state index < -0.39 is 5.91 Å². The third kappa shape index (κ3) is 3.14. The minimum Gasteiger partial charge on any atom is -0.266 e. The van der Waals surface area contributed by atoms with Gasteiger partial charge in [0.2, 0.25) is 0 Å². The average Bonchev–Trinajstić information content (AvgIpc) is 2.97. The molecule has 0 aliphatic heterocycles. The van der Waals surface area contributed by atoms with Crippen LogP contribution in [0.1, 0.15) is 49.1 Å². The summed E-state index contributed by atoms with van der Waals surface area (Å²) in [5.41, 5.74) is 6.94. The molecule has 22 heavy (non-hydrogen) atoms. The molecule has 2 N–H and O–H groups in total. The van der Waals surface area contributed by atoms with Crippen molar-refractivity contribution in [3.8, 4) is 0 Å². The first-order valence-electron chi connectivity index (χ1n) is 7.14. The van der Waals surface area contributed by atoms with Crippen molar-refractivity contribution in [2.45, 2.75) is 32.6 Å². The number of carbonyl (C=O) groups is 2. The van der Waals surface area contributed by atoms with E-state index in [1.165, 1.54) is 47.0 Å². The summed E-state index contributed by atoms with van der Waals surface area (Å²) in [6, 6.07) is 1.92. The van der Waals surface area contributed by atoms with Gasteiger partial charge in [-0.15, -0.1) is 11.3 Å². The van der Waals surface area contributed by atoms with Crippen LogP contribution in [0.25, 0.3) is 0 Å². The van der Waals surface area contributed by atoms with Gasteiger partial charge < -0.3 is 0 Å². The first kappa shape index (κ1) is 14.6. The lowest BCUT2D eigenvalue weighted by molar-refractivity contribution is 0.0846. The lowest BCUT2D eigenvalue weighted by atomic mass is 9.99. The fraction of sp³-hybridized carbons (Fsp3) is 0.333. The van der Waals surface area contributed by atoms with Gasteiger partial charge in [0.25, 0.3) is 11.8 Å². The van der Waals surface area contributed by atoms with Crippen LogP contribution in [0.3, 0.4) is 0 Å². The Morgan fingerprint density at radius 1 is 1.09 bits per heavy atom. The number of thiophene rings is 1. The van der Waals surface area contributed by atoms with Gasteiger partial charge in [-0.1, -0.05) is 0 Å². The third-order valence-electron chi connectivity index (χ3n) is 3.52. The van der Waals surface area contributed by atoms with E-state index in [4.69, 9.17) is 0 Å². The molecule has 2 aromatic rings. The molecule has 6 nitrogen and oxygen atoms in total. The number of hydrazine groups is 1. The third-order valence-corrected chi connectivity index (χ3v) is 4.76. The number of hydrogen-bond donors (Lipinski definition) is 2. The molecule has 7 heteroatoms. The van der Waals surface area contributed by atoms with Gasteiger partial charge in [0.1, 0.15) is 5.69 Å². The van der Waals surface area contributed by atoms with E-state index in [0.717, 1.165) is 18.5 Å². The van der Waals surface area contributed by atoms with Crippen molar-refractivity contribution in [1.29, 1.82) is 0 Å². The first-order valence-corrected chi connectivity index (χ1v) is 7.96. The van der Waals surface area contributed by atoms with E-state index in [1.807, 2.05) is 6.07 Å². The number of hydrogen-bond acceptors (Lipinski definition) is 5. The second-order valence-electron chi connectivity index (χ2n) is 5.22. The summed E-state index contributed by atoms with van der Waals surface area (Å²) >= 11 is 1.50. The van der Waals surface area contributed by atoms with Crippen LogP contribution in [0.5, 0.6) is 0 Å². The quantitative estimate of drug-likeness (QED) is 0.828. The SMILES string of the molecule is Cc1cnc(C(=O)NNC(=O)c2cc3c(s2)CCCC3)cn1. The van der Waals surface area contributed by atoms with Gasteiger partial charge in [-0.2, -0.15) is 0 Å². The minimum absolute atomic E-state index is 0.163. The Morgan fingerprint density at radius 2 is 1.86 bits per heavy atom. The number of rotatable bonds is 2. The lowest BCUT2D eigenvalue weighted by Gasteiger charge is -2.08. The molecule has 2 aromatic heterocycles. The Morgan fingerprint density at radius 3 is 2.59 bits per heavy atom. The molecule has 0 bridgehead atoms. The summed E-state index contributed by atoms with van der Waals surface area (Å²) in [5, 5.41) is 0. The van der Waals surface area contributed by atoms with Gasteiger partial charge in [-0.05, 0) is 44.2 Å². The molecule has 2 amide bonds. The Bertz CT molecular complexity index is 685. The monoisotopic (exact) mass is 316 g/mol. The van der Waals surface area contributed by atoms with Crippen LogP contribution in [0.2, 0.25) is 0 Å². The molecule has 0 atom stereocenters. The molecule has 3 rings (SSSR count). The van der Waals surface area contributed by atoms with Crippen molar-refractivity contribution < 1.29 is 9.59 Å². The highest BCUT2D eigenvalue weighted by molar-refractivity contribution is 7.14. The number of nitrogens with zero attached hydrogens (tertiary/aromatic N) is 2. The van der Waals surface area contributed by atoms with Crippen molar-refractivity contribution in [3.05, 3.63) is 45.2 Å². The first-order chi connectivity index (χ1) is 10.6. The highest BCUT2D eigenvalue weighted by Crippen LogP contribution is 2.29. The second kappa shape index (κ2) is 6.23. The predicted molar refractivity (Wildman–Crippen MR) is 82.7 cm³/mol. The van der Waals surface area contributed by atoms with Gasteiger partial charge in [0.15, 0.2) is 0 Å². The summed E-state index contributed by atoms with van der Waals surface area (Å²) in [6.07, 6.45) is 7.30. The Labute approximate surface area is 132 Å². The molecule has 0 radical (unpaired) electrons. The predicted octanol–water partition coefficient (Wildman–Crippen LogP) is 1.80. The average molecular weight is 316 g/mol. The van der Waals surface area contributed by atoms with Crippen LogP contribution >= 0.6 is 11.3 Å². The number of carbonyl (C=O) groups excluding carboxylic acids is 2. The van der Waals surface area contributed by atoms with Gasteiger partial charge in [0.05, 0.1) is 16.8 Å². The van der Waals surface area contributed by atoms with Gasteiger partial charge >= 0.3 is 0 Å². The fourth-order valence-corrected chi connectivity index (χ4v) is 3.50. The van der Waals surface area contributed by atoms with Crippen molar-refractivity contribution in [2.75, 3.05) is 0 Å². The van der Waals surface area contributed by atoms with E-state index in [0.29, 0.717) is 4.88 Å². The molecular formula is C15H16N4O2S. The molecule has 0 fully saturated rings. The maximum Gasteiger partial charge on any atom is 0.289 e. The van der Waals surface area contributed by atoms with Crippen LogP contribution in [0.4, 0.5) is 0 Å². The highest BCUT2D eigenvalue weighted by atomic mass is 32.1. The zero-order chi connectivity index (χ0) is 15.5.